The fourth-order valence-corrected chi connectivity index (χ4v) is 1.73. The van der Waals surface area contributed by atoms with Crippen molar-refractivity contribution in [1.29, 1.82) is 0 Å². The van der Waals surface area contributed by atoms with Gasteiger partial charge in [-0.15, -0.1) is 0 Å². The molecule has 0 aliphatic heterocycles. The Labute approximate surface area is 84.7 Å². The standard InChI is InChI=1S/C10H21BrO/c1-10(6-2-4-8-11)7-3-5-9-12/h10,12H,2-9H2,1H3/t10-/m1/s1. The molecule has 0 saturated carbocycles. The summed E-state index contributed by atoms with van der Waals surface area (Å²) in [5.74, 6) is 0.843. The van der Waals surface area contributed by atoms with Gasteiger partial charge in [0.2, 0.25) is 0 Å². The van der Waals surface area contributed by atoms with Gasteiger partial charge >= 0.3 is 0 Å². The van der Waals surface area contributed by atoms with Crippen molar-refractivity contribution in [3.63, 3.8) is 0 Å². The first kappa shape index (κ1) is 12.4. The molecule has 0 unspecified atom stereocenters. The molecule has 0 bridgehead atoms. The Hall–Kier alpha value is 0.440. The smallest absolute Gasteiger partial charge is 0.0431 e. The second-order valence-electron chi connectivity index (χ2n) is 3.51. The highest BCUT2D eigenvalue weighted by Crippen LogP contribution is 2.15. The van der Waals surface area contributed by atoms with Gasteiger partial charge in [0.25, 0.3) is 0 Å². The van der Waals surface area contributed by atoms with Gasteiger partial charge in [0.1, 0.15) is 0 Å². The van der Waals surface area contributed by atoms with Crippen molar-refractivity contribution in [3.8, 4) is 0 Å². The van der Waals surface area contributed by atoms with E-state index in [4.69, 9.17) is 5.11 Å². The molecule has 0 saturated heterocycles. The SMILES string of the molecule is C[C@@H](CCCCO)CCCCBr. The predicted octanol–water partition coefficient (Wildman–Crippen LogP) is 3.35. The minimum absolute atomic E-state index is 0.355. The van der Waals surface area contributed by atoms with E-state index in [1.54, 1.807) is 0 Å². The van der Waals surface area contributed by atoms with Crippen LogP contribution in [-0.2, 0) is 0 Å². The van der Waals surface area contributed by atoms with Gasteiger partial charge in [-0.1, -0.05) is 48.5 Å². The Bertz CT molecular complexity index is 75.9. The molecule has 0 radical (unpaired) electrons. The van der Waals surface area contributed by atoms with E-state index in [-0.39, 0.29) is 0 Å². The van der Waals surface area contributed by atoms with Crippen LogP contribution >= 0.6 is 15.9 Å². The van der Waals surface area contributed by atoms with Gasteiger partial charge in [0.05, 0.1) is 0 Å². The Kier molecular flexibility index (Phi) is 9.88. The van der Waals surface area contributed by atoms with Gasteiger partial charge in [0, 0.05) is 11.9 Å². The minimum Gasteiger partial charge on any atom is -0.396 e. The summed E-state index contributed by atoms with van der Waals surface area (Å²) in [5, 5.41) is 9.72. The second kappa shape index (κ2) is 9.53. The average molecular weight is 237 g/mol. The third-order valence-corrected chi connectivity index (χ3v) is 2.75. The maximum Gasteiger partial charge on any atom is 0.0431 e. The second-order valence-corrected chi connectivity index (χ2v) is 4.30. The van der Waals surface area contributed by atoms with Crippen LogP contribution in [0.5, 0.6) is 0 Å². The number of aliphatic hydroxyl groups is 1. The lowest BCUT2D eigenvalue weighted by molar-refractivity contribution is 0.277. The fraction of sp³-hybridized carbons (Fsp3) is 1.00. The Morgan fingerprint density at radius 3 is 2.17 bits per heavy atom. The quantitative estimate of drug-likeness (QED) is 0.507. The van der Waals surface area contributed by atoms with E-state index < -0.39 is 0 Å². The molecule has 0 aliphatic rings. The number of hydrogen-bond donors (Lipinski definition) is 1. The molecule has 0 heterocycles. The normalized spacial score (nSPS) is 13.2. The summed E-state index contributed by atoms with van der Waals surface area (Å²) in [6.07, 6.45) is 7.42. The van der Waals surface area contributed by atoms with Crippen LogP contribution in [-0.4, -0.2) is 17.0 Å². The molecule has 0 aromatic rings. The van der Waals surface area contributed by atoms with Crippen molar-refractivity contribution in [2.75, 3.05) is 11.9 Å². The van der Waals surface area contributed by atoms with Crippen LogP contribution < -0.4 is 0 Å². The first-order valence-corrected chi connectivity index (χ1v) is 6.10. The molecule has 0 fully saturated rings. The van der Waals surface area contributed by atoms with E-state index in [1.807, 2.05) is 0 Å². The van der Waals surface area contributed by atoms with Gasteiger partial charge in [-0.3, -0.25) is 0 Å². The molecule has 74 valence electrons. The van der Waals surface area contributed by atoms with Gasteiger partial charge < -0.3 is 5.11 Å². The Balaban J connectivity index is 3.04. The van der Waals surface area contributed by atoms with Crippen molar-refractivity contribution in [1.82, 2.24) is 0 Å². The van der Waals surface area contributed by atoms with E-state index in [0.717, 1.165) is 17.7 Å². The zero-order valence-electron chi connectivity index (χ0n) is 8.06. The van der Waals surface area contributed by atoms with E-state index in [0.29, 0.717) is 6.61 Å². The number of alkyl halides is 1. The van der Waals surface area contributed by atoms with Crippen LogP contribution in [0, 0.1) is 5.92 Å². The number of rotatable bonds is 8. The van der Waals surface area contributed by atoms with Crippen LogP contribution in [0.1, 0.15) is 45.4 Å². The van der Waals surface area contributed by atoms with Crippen LogP contribution in [0.4, 0.5) is 0 Å². The monoisotopic (exact) mass is 236 g/mol. The van der Waals surface area contributed by atoms with Crippen molar-refractivity contribution < 1.29 is 5.11 Å². The van der Waals surface area contributed by atoms with Crippen molar-refractivity contribution in [2.24, 2.45) is 5.92 Å². The molecule has 0 amide bonds. The maximum absolute atomic E-state index is 8.59. The lowest BCUT2D eigenvalue weighted by Gasteiger charge is -2.09. The third-order valence-electron chi connectivity index (χ3n) is 2.19. The van der Waals surface area contributed by atoms with Crippen LogP contribution in [0.2, 0.25) is 0 Å². The summed E-state index contributed by atoms with van der Waals surface area (Å²) in [5.41, 5.74) is 0. The molecular formula is C10H21BrO. The van der Waals surface area contributed by atoms with Crippen molar-refractivity contribution in [3.05, 3.63) is 0 Å². The minimum atomic E-state index is 0.355. The fourth-order valence-electron chi connectivity index (χ4n) is 1.34. The molecule has 1 atom stereocenters. The van der Waals surface area contributed by atoms with Crippen LogP contribution in [0.25, 0.3) is 0 Å². The first-order chi connectivity index (χ1) is 5.81. The number of hydrogen-bond acceptors (Lipinski definition) is 1. The third kappa shape index (κ3) is 8.54. The van der Waals surface area contributed by atoms with Crippen molar-refractivity contribution in [2.45, 2.75) is 45.4 Å². The lowest BCUT2D eigenvalue weighted by atomic mass is 9.98. The summed E-state index contributed by atoms with van der Waals surface area (Å²) < 4.78 is 0. The maximum atomic E-state index is 8.59. The zero-order chi connectivity index (χ0) is 9.23. The van der Waals surface area contributed by atoms with Gasteiger partial charge in [-0.2, -0.15) is 0 Å². The zero-order valence-corrected chi connectivity index (χ0v) is 9.65. The number of unbranched alkanes of at least 4 members (excludes halogenated alkanes) is 2. The lowest BCUT2D eigenvalue weighted by Crippen LogP contribution is -1.96. The van der Waals surface area contributed by atoms with E-state index in [9.17, 15) is 0 Å². The summed E-state index contributed by atoms with van der Waals surface area (Å²) in [6, 6.07) is 0. The van der Waals surface area contributed by atoms with Crippen molar-refractivity contribution >= 4 is 15.9 Å². The summed E-state index contributed by atoms with van der Waals surface area (Å²) in [7, 11) is 0. The molecule has 0 rings (SSSR count). The van der Waals surface area contributed by atoms with E-state index >= 15 is 0 Å². The topological polar surface area (TPSA) is 20.2 Å². The Morgan fingerprint density at radius 1 is 1.08 bits per heavy atom. The summed E-state index contributed by atoms with van der Waals surface area (Å²) in [6.45, 7) is 2.67. The largest absolute Gasteiger partial charge is 0.396 e. The molecule has 0 aliphatic carbocycles. The highest BCUT2D eigenvalue weighted by atomic mass is 79.9. The molecular weight excluding hydrogens is 216 g/mol. The summed E-state index contributed by atoms with van der Waals surface area (Å²) in [4.78, 5) is 0. The highest BCUT2D eigenvalue weighted by Gasteiger charge is 2.00. The van der Waals surface area contributed by atoms with E-state index in [1.165, 1.54) is 32.1 Å². The molecule has 2 heteroatoms. The van der Waals surface area contributed by atoms with Gasteiger partial charge in [-0.05, 0) is 18.8 Å². The first-order valence-electron chi connectivity index (χ1n) is 4.98. The summed E-state index contributed by atoms with van der Waals surface area (Å²) >= 11 is 3.43. The Morgan fingerprint density at radius 2 is 1.67 bits per heavy atom. The van der Waals surface area contributed by atoms with Gasteiger partial charge in [0.15, 0.2) is 0 Å². The number of halogens is 1. The molecule has 0 aromatic carbocycles. The van der Waals surface area contributed by atoms with E-state index in [2.05, 4.69) is 22.9 Å². The molecule has 12 heavy (non-hydrogen) atoms. The predicted molar refractivity (Wildman–Crippen MR) is 57.7 cm³/mol. The van der Waals surface area contributed by atoms with Gasteiger partial charge in [-0.25, -0.2) is 0 Å². The molecule has 1 nitrogen and oxygen atoms in total. The van der Waals surface area contributed by atoms with Crippen LogP contribution in [0.15, 0.2) is 0 Å². The van der Waals surface area contributed by atoms with Crippen LogP contribution in [0.3, 0.4) is 0 Å². The molecule has 0 aromatic heterocycles. The molecule has 0 spiro atoms. The average Bonchev–Trinajstić information content (AvgIpc) is 2.06. The highest BCUT2D eigenvalue weighted by molar-refractivity contribution is 9.09. The molecule has 1 N–H and O–H groups in total. The number of aliphatic hydroxyl groups excluding tert-OH is 1.